The Morgan fingerprint density at radius 3 is 2.44 bits per heavy atom. The molecule has 1 aromatic heterocycles. The number of hydrogen-bond acceptors (Lipinski definition) is 3. The lowest BCUT2D eigenvalue weighted by Crippen LogP contribution is -2.32. The number of carbonyl (C=O) groups is 1. The van der Waals surface area contributed by atoms with Crippen LogP contribution in [0.4, 0.5) is 0 Å². The highest BCUT2D eigenvalue weighted by molar-refractivity contribution is 7.14. The normalized spacial score (nSPS) is 11.0. The number of carbonyl (C=O) groups excluding carboxylic acids is 1. The molecular formula is C20H22N2O2S. The standard InChI is InChI=1S/C20H22N2O2S/c1-3-12-21(13-4-2)19(23)15-8-7-9-16(14-15)22-20(24)17-10-5-6-11-18(17)25-22/h5-11,14H,3-4,12-13H2,1-2H3. The molecule has 2 aromatic carbocycles. The van der Waals surface area contributed by atoms with Gasteiger partial charge in [0.15, 0.2) is 0 Å². The molecule has 0 spiro atoms. The highest BCUT2D eigenvalue weighted by Crippen LogP contribution is 2.21. The summed E-state index contributed by atoms with van der Waals surface area (Å²) in [6, 6.07) is 14.9. The molecule has 0 atom stereocenters. The highest BCUT2D eigenvalue weighted by Gasteiger charge is 2.16. The van der Waals surface area contributed by atoms with Crippen LogP contribution in [0.5, 0.6) is 0 Å². The van der Waals surface area contributed by atoms with Gasteiger partial charge < -0.3 is 4.90 Å². The van der Waals surface area contributed by atoms with Gasteiger partial charge in [0.2, 0.25) is 0 Å². The molecule has 1 amide bonds. The molecule has 25 heavy (non-hydrogen) atoms. The Morgan fingerprint density at radius 2 is 1.76 bits per heavy atom. The van der Waals surface area contributed by atoms with Crippen molar-refractivity contribution in [3.05, 3.63) is 64.4 Å². The van der Waals surface area contributed by atoms with Crippen LogP contribution in [0, 0.1) is 0 Å². The van der Waals surface area contributed by atoms with Gasteiger partial charge in [-0.1, -0.05) is 43.6 Å². The van der Waals surface area contributed by atoms with Gasteiger partial charge in [-0.05, 0) is 43.2 Å². The third-order valence-electron chi connectivity index (χ3n) is 4.09. The third kappa shape index (κ3) is 3.51. The summed E-state index contributed by atoms with van der Waals surface area (Å²) >= 11 is 1.41. The molecule has 0 aliphatic rings. The molecule has 0 aliphatic heterocycles. The fraction of sp³-hybridized carbons (Fsp3) is 0.300. The average molecular weight is 354 g/mol. The number of hydrogen-bond donors (Lipinski definition) is 0. The van der Waals surface area contributed by atoms with Gasteiger partial charge in [0.25, 0.3) is 11.5 Å². The van der Waals surface area contributed by atoms with Gasteiger partial charge in [-0.15, -0.1) is 0 Å². The van der Waals surface area contributed by atoms with Crippen molar-refractivity contribution in [2.45, 2.75) is 26.7 Å². The van der Waals surface area contributed by atoms with E-state index in [0.717, 1.165) is 36.3 Å². The maximum Gasteiger partial charge on any atom is 0.273 e. The maximum atomic E-state index is 12.8. The number of amides is 1. The molecule has 0 unspecified atom stereocenters. The highest BCUT2D eigenvalue weighted by atomic mass is 32.1. The van der Waals surface area contributed by atoms with Crippen molar-refractivity contribution < 1.29 is 4.79 Å². The number of benzene rings is 2. The van der Waals surface area contributed by atoms with E-state index in [-0.39, 0.29) is 11.5 Å². The first kappa shape index (κ1) is 17.4. The van der Waals surface area contributed by atoms with E-state index in [9.17, 15) is 9.59 Å². The van der Waals surface area contributed by atoms with Crippen molar-refractivity contribution in [2.75, 3.05) is 13.1 Å². The zero-order chi connectivity index (χ0) is 17.8. The molecular weight excluding hydrogens is 332 g/mol. The van der Waals surface area contributed by atoms with Crippen LogP contribution in [0.1, 0.15) is 37.0 Å². The Kier molecular flexibility index (Phi) is 5.34. The van der Waals surface area contributed by atoms with Crippen LogP contribution in [-0.4, -0.2) is 27.9 Å². The molecule has 3 aromatic rings. The summed E-state index contributed by atoms with van der Waals surface area (Å²) in [5.74, 6) is 0.0275. The third-order valence-corrected chi connectivity index (χ3v) is 5.21. The van der Waals surface area contributed by atoms with Crippen LogP contribution in [0.25, 0.3) is 15.8 Å². The van der Waals surface area contributed by atoms with Crippen molar-refractivity contribution in [1.82, 2.24) is 8.86 Å². The van der Waals surface area contributed by atoms with Crippen molar-refractivity contribution in [3.63, 3.8) is 0 Å². The van der Waals surface area contributed by atoms with Gasteiger partial charge in [-0.2, -0.15) is 0 Å². The minimum Gasteiger partial charge on any atom is -0.339 e. The lowest BCUT2D eigenvalue weighted by molar-refractivity contribution is 0.0755. The number of nitrogens with zero attached hydrogens (tertiary/aromatic N) is 2. The maximum absolute atomic E-state index is 12.8. The molecule has 0 N–H and O–H groups in total. The van der Waals surface area contributed by atoms with E-state index in [1.807, 2.05) is 53.4 Å². The van der Waals surface area contributed by atoms with E-state index in [0.29, 0.717) is 10.9 Å². The SMILES string of the molecule is CCCN(CCC)C(=O)c1cccc(-n2sc3ccccc3c2=O)c1. The summed E-state index contributed by atoms with van der Waals surface area (Å²) < 4.78 is 2.61. The van der Waals surface area contributed by atoms with Crippen molar-refractivity contribution in [1.29, 1.82) is 0 Å². The van der Waals surface area contributed by atoms with Gasteiger partial charge >= 0.3 is 0 Å². The van der Waals surface area contributed by atoms with Crippen LogP contribution in [0.3, 0.4) is 0 Å². The fourth-order valence-corrected chi connectivity index (χ4v) is 3.93. The average Bonchev–Trinajstić information content (AvgIpc) is 2.98. The Labute approximate surface area is 151 Å². The van der Waals surface area contributed by atoms with Gasteiger partial charge in [-0.25, -0.2) is 3.96 Å². The summed E-state index contributed by atoms with van der Waals surface area (Å²) in [5.41, 5.74) is 1.33. The zero-order valence-corrected chi connectivity index (χ0v) is 15.4. The molecule has 0 radical (unpaired) electrons. The van der Waals surface area contributed by atoms with Crippen LogP contribution in [0.15, 0.2) is 53.3 Å². The predicted octanol–water partition coefficient (Wildman–Crippen LogP) is 4.31. The Hall–Kier alpha value is -2.40. The summed E-state index contributed by atoms with van der Waals surface area (Å²) in [6.07, 6.45) is 1.86. The van der Waals surface area contributed by atoms with Crippen LogP contribution in [-0.2, 0) is 0 Å². The van der Waals surface area contributed by atoms with E-state index in [2.05, 4.69) is 13.8 Å². The largest absolute Gasteiger partial charge is 0.339 e. The molecule has 0 aliphatic carbocycles. The second-order valence-corrected chi connectivity index (χ2v) is 7.02. The molecule has 0 saturated carbocycles. The lowest BCUT2D eigenvalue weighted by atomic mass is 10.1. The molecule has 1 heterocycles. The van der Waals surface area contributed by atoms with Crippen molar-refractivity contribution in [3.8, 4) is 5.69 Å². The topological polar surface area (TPSA) is 42.3 Å². The van der Waals surface area contributed by atoms with Crippen molar-refractivity contribution in [2.24, 2.45) is 0 Å². The Bertz CT molecular complexity index is 936. The van der Waals surface area contributed by atoms with E-state index in [1.165, 1.54) is 11.5 Å². The van der Waals surface area contributed by atoms with Gasteiger partial charge in [0.1, 0.15) is 0 Å². The van der Waals surface area contributed by atoms with E-state index in [1.54, 1.807) is 3.96 Å². The molecule has 0 fully saturated rings. The van der Waals surface area contributed by atoms with Gasteiger partial charge in [-0.3, -0.25) is 9.59 Å². The summed E-state index contributed by atoms with van der Waals surface area (Å²) in [5, 5.41) is 0.711. The molecule has 4 nitrogen and oxygen atoms in total. The number of rotatable bonds is 6. The molecule has 0 saturated heterocycles. The van der Waals surface area contributed by atoms with Crippen LogP contribution in [0.2, 0.25) is 0 Å². The predicted molar refractivity (Wildman–Crippen MR) is 104 cm³/mol. The van der Waals surface area contributed by atoms with Crippen molar-refractivity contribution >= 4 is 27.5 Å². The summed E-state index contributed by atoms with van der Waals surface area (Å²) in [7, 11) is 0. The molecule has 5 heteroatoms. The first-order valence-corrected chi connectivity index (χ1v) is 9.43. The Balaban J connectivity index is 1.99. The first-order valence-electron chi connectivity index (χ1n) is 8.66. The smallest absolute Gasteiger partial charge is 0.273 e. The lowest BCUT2D eigenvalue weighted by Gasteiger charge is -2.21. The minimum atomic E-state index is -0.0378. The van der Waals surface area contributed by atoms with Crippen LogP contribution < -0.4 is 5.56 Å². The quantitative estimate of drug-likeness (QED) is 0.662. The summed E-state index contributed by atoms with van der Waals surface area (Å²) in [4.78, 5) is 27.3. The van der Waals surface area contributed by atoms with Crippen LogP contribution >= 0.6 is 11.5 Å². The molecule has 3 rings (SSSR count). The monoisotopic (exact) mass is 354 g/mol. The van der Waals surface area contributed by atoms with E-state index < -0.39 is 0 Å². The van der Waals surface area contributed by atoms with E-state index in [4.69, 9.17) is 0 Å². The molecule has 130 valence electrons. The zero-order valence-electron chi connectivity index (χ0n) is 14.6. The number of aromatic nitrogens is 1. The molecule has 0 bridgehead atoms. The van der Waals surface area contributed by atoms with E-state index >= 15 is 0 Å². The second-order valence-electron chi connectivity index (χ2n) is 6.03. The summed E-state index contributed by atoms with van der Waals surface area (Å²) in [6.45, 7) is 5.64. The fourth-order valence-electron chi connectivity index (χ4n) is 2.94. The number of fused-ring (bicyclic) bond motifs is 1. The Morgan fingerprint density at radius 1 is 1.04 bits per heavy atom. The van der Waals surface area contributed by atoms with Gasteiger partial charge in [0, 0.05) is 18.7 Å². The van der Waals surface area contributed by atoms with Gasteiger partial charge in [0.05, 0.1) is 15.8 Å². The minimum absolute atomic E-state index is 0.0275. The first-order chi connectivity index (χ1) is 12.2. The second kappa shape index (κ2) is 7.66.